The predicted octanol–water partition coefficient (Wildman–Crippen LogP) is 2.66. The van der Waals surface area contributed by atoms with Gasteiger partial charge in [-0.1, -0.05) is 18.2 Å². The Balaban J connectivity index is 1.84. The number of benzene rings is 1. The van der Waals surface area contributed by atoms with Gasteiger partial charge in [0.25, 0.3) is 0 Å². The normalized spacial score (nSPS) is 20.4. The molecule has 3 rings (SSSR count). The van der Waals surface area contributed by atoms with Gasteiger partial charge in [-0.25, -0.2) is 31.6 Å². The molecule has 33 heavy (non-hydrogen) atoms. The summed E-state index contributed by atoms with van der Waals surface area (Å²) in [6.07, 6.45) is -2.01. The fourth-order valence-electron chi connectivity index (χ4n) is 3.51. The highest BCUT2D eigenvalue weighted by atomic mass is 32.3. The van der Waals surface area contributed by atoms with Crippen LogP contribution in [-0.4, -0.2) is 51.9 Å². The highest BCUT2D eigenvalue weighted by Crippen LogP contribution is 2.45. The quantitative estimate of drug-likeness (QED) is 0.455. The molecule has 0 radical (unpaired) electrons. The van der Waals surface area contributed by atoms with Crippen LogP contribution in [0, 0.1) is 0 Å². The number of sulfonamides is 1. The molecule has 2 aromatic rings. The van der Waals surface area contributed by atoms with Crippen LogP contribution in [0.4, 0.5) is 4.79 Å². The lowest BCUT2D eigenvalue weighted by Crippen LogP contribution is -2.41. The minimum atomic E-state index is -4.14. The van der Waals surface area contributed by atoms with Crippen molar-refractivity contribution in [3.63, 3.8) is 0 Å². The minimum Gasteiger partial charge on any atom is -0.422 e. The summed E-state index contributed by atoms with van der Waals surface area (Å²) in [7, 11) is -7.92. The number of hydrogen-bond acceptors (Lipinski definition) is 9. The molecule has 13 heteroatoms. The Hall–Kier alpha value is -2.48. The molecule has 3 atom stereocenters. The molecule has 0 aliphatic carbocycles. The van der Waals surface area contributed by atoms with E-state index in [9.17, 15) is 26.4 Å². The maximum Gasteiger partial charge on any atom is 0.413 e. The number of ether oxygens (including phenoxy) is 2. The zero-order chi connectivity index (χ0) is 24.6. The molecule has 1 aromatic carbocycles. The van der Waals surface area contributed by atoms with Crippen LogP contribution in [0.25, 0.3) is 0 Å². The zero-order valence-corrected chi connectivity index (χ0v) is 20.6. The van der Waals surface area contributed by atoms with Crippen molar-refractivity contribution >= 4 is 43.3 Å². The maximum atomic E-state index is 12.9. The average Bonchev–Trinajstić information content (AvgIpc) is 3.20. The first-order valence-electron chi connectivity index (χ1n) is 10.00. The van der Waals surface area contributed by atoms with Crippen molar-refractivity contribution in [2.75, 3.05) is 6.54 Å². The van der Waals surface area contributed by atoms with Crippen LogP contribution >= 0.6 is 11.3 Å². The molecule has 2 heterocycles. The number of amides is 1. The van der Waals surface area contributed by atoms with Crippen LogP contribution in [0.3, 0.4) is 0 Å². The average molecular weight is 517 g/mol. The summed E-state index contributed by atoms with van der Waals surface area (Å²) in [5.74, 6) is -0.672. The Morgan fingerprint density at radius 1 is 1.24 bits per heavy atom. The summed E-state index contributed by atoms with van der Waals surface area (Å²) < 4.78 is 59.2. The van der Waals surface area contributed by atoms with E-state index in [4.69, 9.17) is 14.6 Å². The molecule has 0 saturated heterocycles. The van der Waals surface area contributed by atoms with Gasteiger partial charge in [-0.3, -0.25) is 0 Å². The summed E-state index contributed by atoms with van der Waals surface area (Å²) >= 11 is 0.567. The fraction of sp³-hybridized carbons (Fsp3) is 0.400. The highest BCUT2D eigenvalue weighted by molar-refractivity contribution is 7.95. The van der Waals surface area contributed by atoms with Gasteiger partial charge >= 0.3 is 12.1 Å². The Labute approximate surface area is 196 Å². The second-order valence-electron chi connectivity index (χ2n) is 7.47. The molecular formula is C20H24N2O8S3. The molecule has 1 aliphatic heterocycles. The van der Waals surface area contributed by atoms with Crippen LogP contribution < -0.4 is 5.14 Å². The van der Waals surface area contributed by atoms with E-state index in [1.54, 1.807) is 37.3 Å². The van der Waals surface area contributed by atoms with Gasteiger partial charge in [0.15, 0.2) is 9.84 Å². The third-order valence-corrected chi connectivity index (χ3v) is 10.5. The van der Waals surface area contributed by atoms with Crippen molar-refractivity contribution in [2.24, 2.45) is 5.14 Å². The van der Waals surface area contributed by atoms with Crippen molar-refractivity contribution in [2.45, 2.75) is 53.2 Å². The van der Waals surface area contributed by atoms with E-state index in [2.05, 4.69) is 0 Å². The summed E-state index contributed by atoms with van der Waals surface area (Å²) in [5.41, 5.74) is 0.465. The minimum absolute atomic E-state index is 0.0389. The monoisotopic (exact) mass is 516 g/mol. The number of sulfone groups is 1. The SMILES string of the molecule is CCN(C(=O)OC(C)OC(=O)c1ccccc1)[C@H]1C[C@H](C)S(=O)(=O)c2sc(S(N)(=O)=O)cc21. The number of rotatable bonds is 6. The van der Waals surface area contributed by atoms with Gasteiger partial charge < -0.3 is 14.4 Å². The molecule has 0 saturated carbocycles. The third kappa shape index (κ3) is 5.21. The molecule has 1 aromatic heterocycles. The number of fused-ring (bicyclic) bond motifs is 1. The summed E-state index contributed by atoms with van der Waals surface area (Å²) in [5, 5.41) is 4.34. The lowest BCUT2D eigenvalue weighted by atomic mass is 10.0. The second-order valence-corrected chi connectivity index (χ2v) is 12.9. The standard InChI is InChI=1S/C20H24N2O8S3/c1-4-22(20(24)30-13(3)29-18(23)14-8-6-5-7-9-14)16-10-12(2)32(25,26)19-15(16)11-17(31-19)33(21,27)28/h5-9,11-13,16H,4,10H2,1-3H3,(H2,21,27,28)/t12-,13?,16-/m0/s1. The van der Waals surface area contributed by atoms with Crippen molar-refractivity contribution in [1.82, 2.24) is 4.90 Å². The molecule has 0 fully saturated rings. The highest BCUT2D eigenvalue weighted by Gasteiger charge is 2.43. The number of primary sulfonamides is 1. The van der Waals surface area contributed by atoms with Gasteiger partial charge in [-0.2, -0.15) is 0 Å². The first-order chi connectivity index (χ1) is 15.4. The first-order valence-corrected chi connectivity index (χ1v) is 13.9. The van der Waals surface area contributed by atoms with Crippen molar-refractivity contribution < 1.29 is 35.9 Å². The van der Waals surface area contributed by atoms with Crippen LogP contribution in [-0.2, 0) is 29.3 Å². The number of carbonyl (C=O) groups excluding carboxylic acids is 2. The van der Waals surface area contributed by atoms with Crippen molar-refractivity contribution in [3.8, 4) is 0 Å². The van der Waals surface area contributed by atoms with E-state index >= 15 is 0 Å². The van der Waals surface area contributed by atoms with Crippen LogP contribution in [0.5, 0.6) is 0 Å². The van der Waals surface area contributed by atoms with E-state index in [1.807, 2.05) is 0 Å². The van der Waals surface area contributed by atoms with E-state index in [1.165, 1.54) is 24.8 Å². The van der Waals surface area contributed by atoms with Gasteiger partial charge in [0.2, 0.25) is 16.3 Å². The lowest BCUT2D eigenvalue weighted by Gasteiger charge is -2.35. The number of nitrogens with zero attached hydrogens (tertiary/aromatic N) is 1. The molecule has 10 nitrogen and oxygen atoms in total. The lowest BCUT2D eigenvalue weighted by molar-refractivity contribution is -0.0720. The molecule has 0 spiro atoms. The van der Waals surface area contributed by atoms with Gasteiger partial charge in [0.05, 0.1) is 16.9 Å². The van der Waals surface area contributed by atoms with Gasteiger partial charge in [0.1, 0.15) is 8.42 Å². The van der Waals surface area contributed by atoms with Gasteiger partial charge in [-0.05, 0) is 38.5 Å². The van der Waals surface area contributed by atoms with E-state index in [0.29, 0.717) is 11.3 Å². The van der Waals surface area contributed by atoms with Crippen LogP contribution in [0.15, 0.2) is 44.8 Å². The molecule has 1 amide bonds. The van der Waals surface area contributed by atoms with Crippen molar-refractivity contribution in [1.29, 1.82) is 0 Å². The smallest absolute Gasteiger partial charge is 0.413 e. The number of hydrogen-bond donors (Lipinski definition) is 1. The van der Waals surface area contributed by atoms with E-state index in [0.717, 1.165) is 0 Å². The van der Waals surface area contributed by atoms with Gasteiger partial charge in [-0.15, -0.1) is 11.3 Å². The predicted molar refractivity (Wildman–Crippen MR) is 120 cm³/mol. The fourth-order valence-corrected chi connectivity index (χ4v) is 7.91. The Morgan fingerprint density at radius 3 is 2.45 bits per heavy atom. The Bertz CT molecular complexity index is 1260. The number of nitrogens with two attached hydrogens (primary N) is 1. The molecule has 2 N–H and O–H groups in total. The zero-order valence-electron chi connectivity index (χ0n) is 18.1. The van der Waals surface area contributed by atoms with E-state index in [-0.39, 0.29) is 32.5 Å². The molecule has 1 unspecified atom stereocenters. The summed E-state index contributed by atoms with van der Waals surface area (Å²) in [4.78, 5) is 26.4. The summed E-state index contributed by atoms with van der Waals surface area (Å²) in [6.45, 7) is 4.68. The molecular weight excluding hydrogens is 492 g/mol. The topological polar surface area (TPSA) is 150 Å². The second kappa shape index (κ2) is 9.41. The van der Waals surface area contributed by atoms with Gasteiger partial charge in [0, 0.05) is 19.0 Å². The summed E-state index contributed by atoms with van der Waals surface area (Å²) in [6, 6.07) is 8.61. The largest absolute Gasteiger partial charge is 0.422 e. The van der Waals surface area contributed by atoms with Crippen LogP contribution in [0.1, 0.15) is 49.2 Å². The molecule has 1 aliphatic rings. The van der Waals surface area contributed by atoms with Crippen molar-refractivity contribution in [3.05, 3.63) is 47.5 Å². The first kappa shape index (κ1) is 25.1. The third-order valence-electron chi connectivity index (χ3n) is 5.19. The number of esters is 1. The Morgan fingerprint density at radius 2 is 1.88 bits per heavy atom. The number of carbonyl (C=O) groups is 2. The maximum absolute atomic E-state index is 12.9. The molecule has 0 bridgehead atoms. The number of thiophene rings is 1. The molecule has 180 valence electrons. The Kier molecular flexibility index (Phi) is 7.17. The van der Waals surface area contributed by atoms with Crippen LogP contribution in [0.2, 0.25) is 0 Å². The van der Waals surface area contributed by atoms with E-state index < -0.39 is 49.5 Å².